The molecule has 3 rings (SSSR count). The third-order valence-electron chi connectivity index (χ3n) is 3.78. The second-order valence-corrected chi connectivity index (χ2v) is 5.96. The summed E-state index contributed by atoms with van der Waals surface area (Å²) in [5, 5.41) is 3.21. The van der Waals surface area contributed by atoms with Gasteiger partial charge in [0, 0.05) is 0 Å². The molecule has 4 nitrogen and oxygen atoms in total. The first-order valence-corrected chi connectivity index (χ1v) is 8.46. The third-order valence-corrected chi connectivity index (χ3v) is 4.07. The number of carbonyl (C=O) groups excluding carboxylic acids is 1. The lowest BCUT2D eigenvalue weighted by Gasteiger charge is -2.12. The van der Waals surface area contributed by atoms with Crippen LogP contribution in [0.15, 0.2) is 72.8 Å². The van der Waals surface area contributed by atoms with Crippen LogP contribution >= 0.6 is 11.6 Å². The molecule has 0 aliphatic rings. The van der Waals surface area contributed by atoms with Gasteiger partial charge in [0.15, 0.2) is 6.61 Å². The maximum Gasteiger partial charge on any atom is 0.262 e. The molecule has 0 aliphatic carbocycles. The van der Waals surface area contributed by atoms with Crippen molar-refractivity contribution >= 4 is 23.2 Å². The average Bonchev–Trinajstić information content (AvgIpc) is 2.68. The Labute approximate surface area is 157 Å². The van der Waals surface area contributed by atoms with Crippen LogP contribution in [0.25, 0.3) is 11.1 Å². The van der Waals surface area contributed by atoms with Gasteiger partial charge in [-0.15, -0.1) is 0 Å². The Morgan fingerprint density at radius 1 is 0.923 bits per heavy atom. The highest BCUT2D eigenvalue weighted by Crippen LogP contribution is 2.30. The van der Waals surface area contributed by atoms with E-state index in [0.717, 1.165) is 11.1 Å². The number of nitrogens with one attached hydrogen (secondary N) is 1. The highest BCUT2D eigenvalue weighted by Gasteiger charge is 2.10. The quantitative estimate of drug-likeness (QED) is 0.664. The van der Waals surface area contributed by atoms with Gasteiger partial charge in [-0.2, -0.15) is 0 Å². The summed E-state index contributed by atoms with van der Waals surface area (Å²) in [6.07, 6.45) is 0. The fraction of sp³-hybridized carbons (Fsp3) is 0.0952. The van der Waals surface area contributed by atoms with E-state index in [0.29, 0.717) is 22.2 Å². The van der Waals surface area contributed by atoms with Gasteiger partial charge < -0.3 is 14.8 Å². The molecule has 132 valence electrons. The maximum absolute atomic E-state index is 12.1. The van der Waals surface area contributed by atoms with Crippen molar-refractivity contribution in [1.29, 1.82) is 0 Å². The van der Waals surface area contributed by atoms with Gasteiger partial charge in [0.1, 0.15) is 11.5 Å². The topological polar surface area (TPSA) is 47.6 Å². The number of hydrogen-bond acceptors (Lipinski definition) is 3. The van der Waals surface area contributed by atoms with Gasteiger partial charge in [-0.25, -0.2) is 0 Å². The highest BCUT2D eigenvalue weighted by molar-refractivity contribution is 6.32. The van der Waals surface area contributed by atoms with Gasteiger partial charge in [0.2, 0.25) is 0 Å². The van der Waals surface area contributed by atoms with Crippen LogP contribution in [0.1, 0.15) is 0 Å². The van der Waals surface area contributed by atoms with E-state index in [2.05, 4.69) is 5.32 Å². The van der Waals surface area contributed by atoms with Crippen LogP contribution in [0.3, 0.4) is 0 Å². The largest absolute Gasteiger partial charge is 0.495 e. The van der Waals surface area contributed by atoms with Crippen molar-refractivity contribution in [3.05, 3.63) is 77.8 Å². The summed E-state index contributed by atoms with van der Waals surface area (Å²) >= 11 is 6.29. The number of rotatable bonds is 6. The van der Waals surface area contributed by atoms with Gasteiger partial charge in [0.25, 0.3) is 5.91 Å². The molecule has 0 atom stereocenters. The standard InChI is InChI=1S/C21H18ClNO3/c1-25-20-10-6-5-9-18(20)23-21(24)14-26-19-12-11-16(13-17(19)22)15-7-3-2-4-8-15/h2-13H,14H2,1H3,(H,23,24). The Kier molecular flexibility index (Phi) is 5.77. The van der Waals surface area contributed by atoms with E-state index in [1.54, 1.807) is 25.3 Å². The summed E-state index contributed by atoms with van der Waals surface area (Å²) in [5.74, 6) is 0.755. The number of anilines is 1. The average molecular weight is 368 g/mol. The zero-order chi connectivity index (χ0) is 18.4. The van der Waals surface area contributed by atoms with Crippen molar-refractivity contribution in [2.75, 3.05) is 19.0 Å². The van der Waals surface area contributed by atoms with E-state index in [1.165, 1.54) is 0 Å². The normalized spacial score (nSPS) is 10.2. The Balaban J connectivity index is 1.63. The molecule has 3 aromatic carbocycles. The maximum atomic E-state index is 12.1. The number of benzene rings is 3. The van der Waals surface area contributed by atoms with Crippen molar-refractivity contribution in [3.63, 3.8) is 0 Å². The first-order chi connectivity index (χ1) is 12.7. The smallest absolute Gasteiger partial charge is 0.262 e. The minimum absolute atomic E-state index is 0.150. The zero-order valence-corrected chi connectivity index (χ0v) is 15.0. The summed E-state index contributed by atoms with van der Waals surface area (Å²) in [7, 11) is 1.55. The van der Waals surface area contributed by atoms with E-state index in [4.69, 9.17) is 21.1 Å². The monoisotopic (exact) mass is 367 g/mol. The van der Waals surface area contributed by atoms with E-state index in [-0.39, 0.29) is 12.5 Å². The van der Waals surface area contributed by atoms with Crippen LogP contribution in [0.4, 0.5) is 5.69 Å². The lowest BCUT2D eigenvalue weighted by molar-refractivity contribution is -0.118. The molecule has 1 N–H and O–H groups in total. The molecule has 26 heavy (non-hydrogen) atoms. The van der Waals surface area contributed by atoms with E-state index >= 15 is 0 Å². The molecule has 0 heterocycles. The summed E-state index contributed by atoms with van der Waals surface area (Å²) in [6.45, 7) is -0.150. The summed E-state index contributed by atoms with van der Waals surface area (Å²) < 4.78 is 10.8. The summed E-state index contributed by atoms with van der Waals surface area (Å²) in [5.41, 5.74) is 2.64. The second kappa shape index (κ2) is 8.41. The number of halogens is 1. The molecule has 0 fully saturated rings. The SMILES string of the molecule is COc1ccccc1NC(=O)COc1ccc(-c2ccccc2)cc1Cl. The van der Waals surface area contributed by atoms with E-state index in [9.17, 15) is 4.79 Å². The fourth-order valence-corrected chi connectivity index (χ4v) is 2.74. The molecule has 0 unspecified atom stereocenters. The number of ether oxygens (including phenoxy) is 2. The van der Waals surface area contributed by atoms with Crippen LogP contribution in [0.2, 0.25) is 5.02 Å². The minimum atomic E-state index is -0.294. The van der Waals surface area contributed by atoms with Gasteiger partial charge in [-0.05, 0) is 35.4 Å². The summed E-state index contributed by atoms with van der Waals surface area (Å²) in [6, 6.07) is 22.6. The van der Waals surface area contributed by atoms with Crippen molar-refractivity contribution < 1.29 is 14.3 Å². The highest BCUT2D eigenvalue weighted by atomic mass is 35.5. The molecule has 0 radical (unpaired) electrons. The molecule has 1 amide bonds. The van der Waals surface area contributed by atoms with Crippen LogP contribution in [0, 0.1) is 0 Å². The molecule has 0 spiro atoms. The van der Waals surface area contributed by atoms with Crippen LogP contribution in [-0.2, 0) is 4.79 Å². The Bertz CT molecular complexity index is 897. The molecule has 3 aromatic rings. The Morgan fingerprint density at radius 3 is 2.38 bits per heavy atom. The molecule has 0 aromatic heterocycles. The molecule has 0 bridgehead atoms. The number of methoxy groups -OCH3 is 1. The number of para-hydroxylation sites is 2. The predicted octanol–water partition coefficient (Wildman–Crippen LogP) is 5.03. The molecular weight excluding hydrogens is 350 g/mol. The van der Waals surface area contributed by atoms with Crippen LogP contribution in [0.5, 0.6) is 11.5 Å². The molecule has 5 heteroatoms. The summed E-state index contributed by atoms with van der Waals surface area (Å²) in [4.78, 5) is 12.1. The lowest BCUT2D eigenvalue weighted by atomic mass is 10.1. The number of hydrogen-bond donors (Lipinski definition) is 1. The fourth-order valence-electron chi connectivity index (χ4n) is 2.51. The van der Waals surface area contributed by atoms with Crippen molar-refractivity contribution in [3.8, 4) is 22.6 Å². The zero-order valence-electron chi connectivity index (χ0n) is 14.2. The Hall–Kier alpha value is -2.98. The first-order valence-electron chi connectivity index (χ1n) is 8.08. The third kappa shape index (κ3) is 4.35. The number of amides is 1. The lowest BCUT2D eigenvalue weighted by Crippen LogP contribution is -2.20. The van der Waals surface area contributed by atoms with Gasteiger partial charge in [-0.3, -0.25) is 4.79 Å². The van der Waals surface area contributed by atoms with E-state index < -0.39 is 0 Å². The predicted molar refractivity (Wildman–Crippen MR) is 104 cm³/mol. The first kappa shape index (κ1) is 17.8. The molecular formula is C21H18ClNO3. The van der Waals surface area contributed by atoms with Gasteiger partial charge in [-0.1, -0.05) is 60.1 Å². The van der Waals surface area contributed by atoms with Crippen LogP contribution < -0.4 is 14.8 Å². The van der Waals surface area contributed by atoms with Crippen LogP contribution in [-0.4, -0.2) is 19.6 Å². The Morgan fingerprint density at radius 2 is 1.65 bits per heavy atom. The van der Waals surface area contributed by atoms with Gasteiger partial charge in [0.05, 0.1) is 17.8 Å². The van der Waals surface area contributed by atoms with Crippen molar-refractivity contribution in [2.24, 2.45) is 0 Å². The second-order valence-electron chi connectivity index (χ2n) is 5.55. The van der Waals surface area contributed by atoms with Crippen molar-refractivity contribution in [2.45, 2.75) is 0 Å². The molecule has 0 saturated heterocycles. The van der Waals surface area contributed by atoms with E-state index in [1.807, 2.05) is 54.6 Å². The van der Waals surface area contributed by atoms with Gasteiger partial charge >= 0.3 is 0 Å². The number of carbonyl (C=O) groups is 1. The molecule has 0 saturated carbocycles. The molecule has 0 aliphatic heterocycles. The minimum Gasteiger partial charge on any atom is -0.495 e. The van der Waals surface area contributed by atoms with Crippen molar-refractivity contribution in [1.82, 2.24) is 0 Å².